The molecule has 2 aliphatic heterocycles. The fraction of sp³-hybridized carbons (Fsp3) is 0.350. The molecule has 0 radical (unpaired) electrons. The topological polar surface area (TPSA) is 23.6 Å². The lowest BCUT2D eigenvalue weighted by atomic mass is 10.0. The van der Waals surface area contributed by atoms with Gasteiger partial charge < -0.3 is 9.80 Å². The van der Waals surface area contributed by atoms with Gasteiger partial charge in [0.25, 0.3) is 5.91 Å². The Morgan fingerprint density at radius 3 is 2.28 bits per heavy atom. The van der Waals surface area contributed by atoms with Crippen molar-refractivity contribution in [1.82, 2.24) is 0 Å². The summed E-state index contributed by atoms with van der Waals surface area (Å²) in [4.78, 5) is 16.2. The Bertz CT molecular complexity index is 953. The van der Waals surface area contributed by atoms with Crippen molar-refractivity contribution in [2.45, 2.75) is 31.2 Å². The van der Waals surface area contributed by atoms with E-state index in [0.29, 0.717) is 12.2 Å². The van der Waals surface area contributed by atoms with Crippen LogP contribution in [0.15, 0.2) is 42.5 Å². The molecule has 2 aliphatic rings. The average molecular weight is 414 g/mol. The first-order valence-corrected chi connectivity index (χ1v) is 9.03. The summed E-state index contributed by atoms with van der Waals surface area (Å²) in [5.41, 5.74) is -1.54. The highest BCUT2D eigenvalue weighted by Crippen LogP contribution is 2.43. The van der Waals surface area contributed by atoms with Crippen molar-refractivity contribution in [2.75, 3.05) is 22.9 Å². The van der Waals surface area contributed by atoms with Crippen molar-refractivity contribution < 1.29 is 31.1 Å². The minimum atomic E-state index is -4.62. The number of nitrogens with zero attached hydrogens (tertiary/aromatic N) is 2. The van der Waals surface area contributed by atoms with Crippen LogP contribution in [0.25, 0.3) is 0 Å². The van der Waals surface area contributed by atoms with Crippen LogP contribution in [0.5, 0.6) is 0 Å². The maximum absolute atomic E-state index is 13.2. The Kier molecular flexibility index (Phi) is 4.51. The predicted octanol–water partition coefficient (Wildman–Crippen LogP) is 5.35. The average Bonchev–Trinajstić information content (AvgIpc) is 3.14. The van der Waals surface area contributed by atoms with Crippen LogP contribution in [0.2, 0.25) is 0 Å². The molecule has 0 aliphatic carbocycles. The third-order valence-corrected chi connectivity index (χ3v) is 5.36. The Hall–Kier alpha value is -2.71. The van der Waals surface area contributed by atoms with Gasteiger partial charge in [-0.15, -0.1) is 0 Å². The molecule has 0 N–H and O–H groups in total. The Labute approximate surface area is 162 Å². The van der Waals surface area contributed by atoms with Gasteiger partial charge in [-0.3, -0.25) is 4.79 Å². The fourth-order valence-corrected chi connectivity index (χ4v) is 3.99. The molecular weight excluding hydrogens is 398 g/mol. The second kappa shape index (κ2) is 6.67. The number of halogens is 6. The second-order valence-electron chi connectivity index (χ2n) is 7.19. The van der Waals surface area contributed by atoms with Gasteiger partial charge in [0.15, 0.2) is 0 Å². The van der Waals surface area contributed by atoms with Crippen molar-refractivity contribution in [3.05, 3.63) is 59.2 Å². The van der Waals surface area contributed by atoms with E-state index in [-0.39, 0.29) is 23.8 Å². The van der Waals surface area contributed by atoms with Crippen LogP contribution >= 0.6 is 0 Å². The Balaban J connectivity index is 1.78. The molecule has 1 fully saturated rings. The van der Waals surface area contributed by atoms with E-state index in [1.54, 1.807) is 0 Å². The molecule has 1 saturated heterocycles. The van der Waals surface area contributed by atoms with Crippen LogP contribution in [0.1, 0.15) is 34.3 Å². The number of fused-ring (bicyclic) bond motifs is 3. The normalized spacial score (nSPS) is 19.2. The van der Waals surface area contributed by atoms with Crippen LogP contribution in [-0.2, 0) is 12.4 Å². The number of anilines is 2. The van der Waals surface area contributed by atoms with Crippen LogP contribution in [0.3, 0.4) is 0 Å². The summed E-state index contributed by atoms with van der Waals surface area (Å²) in [6.45, 7) is 0.790. The molecule has 0 saturated carbocycles. The van der Waals surface area contributed by atoms with Crippen molar-refractivity contribution >= 4 is 17.3 Å². The predicted molar refractivity (Wildman–Crippen MR) is 94.9 cm³/mol. The summed E-state index contributed by atoms with van der Waals surface area (Å²) in [6.07, 6.45) is -7.63. The molecule has 9 heteroatoms. The fourth-order valence-electron chi connectivity index (χ4n) is 3.99. The van der Waals surface area contributed by atoms with Gasteiger partial charge in [-0.1, -0.05) is 6.07 Å². The minimum absolute atomic E-state index is 0.0698. The van der Waals surface area contributed by atoms with Gasteiger partial charge in [-0.2, -0.15) is 26.3 Å². The lowest BCUT2D eigenvalue weighted by Crippen LogP contribution is -2.48. The summed E-state index contributed by atoms with van der Waals surface area (Å²) in [6, 6.07) is 7.07. The van der Waals surface area contributed by atoms with E-state index in [0.717, 1.165) is 43.2 Å². The van der Waals surface area contributed by atoms with Gasteiger partial charge in [-0.25, -0.2) is 0 Å². The lowest BCUT2D eigenvalue weighted by Gasteiger charge is -2.40. The highest BCUT2D eigenvalue weighted by molar-refractivity contribution is 6.08. The van der Waals surface area contributed by atoms with Gasteiger partial charge in [-0.05, 0) is 49.2 Å². The molecule has 0 unspecified atom stereocenters. The Morgan fingerprint density at radius 1 is 0.897 bits per heavy atom. The first-order valence-electron chi connectivity index (χ1n) is 9.03. The largest absolute Gasteiger partial charge is 0.416 e. The monoisotopic (exact) mass is 414 g/mol. The number of hydrogen-bond donors (Lipinski definition) is 0. The van der Waals surface area contributed by atoms with Crippen molar-refractivity contribution in [2.24, 2.45) is 0 Å². The highest BCUT2D eigenvalue weighted by atomic mass is 19.4. The smallest absolute Gasteiger partial charge is 0.365 e. The van der Waals surface area contributed by atoms with E-state index >= 15 is 0 Å². The first-order chi connectivity index (χ1) is 13.6. The zero-order valence-electron chi connectivity index (χ0n) is 15.0. The van der Waals surface area contributed by atoms with Gasteiger partial charge in [0.1, 0.15) is 0 Å². The second-order valence-corrected chi connectivity index (χ2v) is 7.19. The number of carbonyl (C=O) groups is 1. The molecule has 4 rings (SSSR count). The van der Waals surface area contributed by atoms with Gasteiger partial charge in [0.2, 0.25) is 0 Å². The Morgan fingerprint density at radius 2 is 1.59 bits per heavy atom. The zero-order chi connectivity index (χ0) is 21.0. The number of carbonyl (C=O) groups excluding carboxylic acids is 1. The van der Waals surface area contributed by atoms with Crippen molar-refractivity contribution in [3.8, 4) is 0 Å². The maximum atomic E-state index is 13.2. The van der Waals surface area contributed by atoms with E-state index < -0.39 is 29.4 Å². The third-order valence-electron chi connectivity index (χ3n) is 5.36. The molecule has 0 spiro atoms. The van der Waals surface area contributed by atoms with Crippen LogP contribution in [-0.4, -0.2) is 25.0 Å². The highest BCUT2D eigenvalue weighted by Gasteiger charge is 2.40. The summed E-state index contributed by atoms with van der Waals surface area (Å²) in [5.74, 6) is -0.747. The first kappa shape index (κ1) is 19.6. The number of benzene rings is 2. The molecule has 0 aromatic heterocycles. The number of hydrogen-bond acceptors (Lipinski definition) is 2. The van der Waals surface area contributed by atoms with Crippen molar-refractivity contribution in [3.63, 3.8) is 0 Å². The molecule has 1 atom stereocenters. The molecular formula is C20H16F6N2O. The summed E-state index contributed by atoms with van der Waals surface area (Å²) < 4.78 is 78.7. The van der Waals surface area contributed by atoms with Crippen LogP contribution in [0, 0.1) is 0 Å². The molecule has 2 aromatic rings. The number of amides is 1. The van der Waals surface area contributed by atoms with E-state index in [1.165, 1.54) is 17.0 Å². The molecule has 2 aromatic carbocycles. The summed E-state index contributed by atoms with van der Waals surface area (Å²) in [5, 5.41) is 0. The lowest BCUT2D eigenvalue weighted by molar-refractivity contribution is -0.138. The molecule has 29 heavy (non-hydrogen) atoms. The van der Waals surface area contributed by atoms with E-state index in [2.05, 4.69) is 0 Å². The summed E-state index contributed by atoms with van der Waals surface area (Å²) in [7, 11) is 0. The van der Waals surface area contributed by atoms with Gasteiger partial charge >= 0.3 is 12.4 Å². The standard InChI is InChI=1S/C20H16F6N2O/c21-19(22,23)13-4-1-3-12(9-13)18(29)28-11-15-5-2-8-27(15)16-7-6-14(10-17(16)28)20(24,25)26/h1,3-4,6-7,9-10,15H,2,5,8,11H2/t15-/m0/s1. The minimum Gasteiger partial charge on any atom is -0.365 e. The SMILES string of the molecule is O=C(c1cccc(C(F)(F)F)c1)N1C[C@@H]2CCCN2c2ccc(C(F)(F)F)cc21. The molecule has 2 heterocycles. The van der Waals surface area contributed by atoms with Crippen LogP contribution < -0.4 is 9.80 Å². The quantitative estimate of drug-likeness (QED) is 0.587. The van der Waals surface area contributed by atoms with E-state index in [9.17, 15) is 31.1 Å². The van der Waals surface area contributed by atoms with Gasteiger partial charge in [0.05, 0.1) is 22.5 Å². The number of alkyl halides is 6. The summed E-state index contributed by atoms with van der Waals surface area (Å²) >= 11 is 0. The third kappa shape index (κ3) is 3.54. The molecule has 0 bridgehead atoms. The molecule has 3 nitrogen and oxygen atoms in total. The van der Waals surface area contributed by atoms with E-state index in [1.807, 2.05) is 4.90 Å². The zero-order valence-corrected chi connectivity index (χ0v) is 15.0. The van der Waals surface area contributed by atoms with Gasteiger partial charge in [0, 0.05) is 24.7 Å². The maximum Gasteiger partial charge on any atom is 0.416 e. The van der Waals surface area contributed by atoms with Crippen molar-refractivity contribution in [1.29, 1.82) is 0 Å². The molecule has 1 amide bonds. The van der Waals surface area contributed by atoms with Crippen LogP contribution in [0.4, 0.5) is 37.7 Å². The number of rotatable bonds is 1. The van der Waals surface area contributed by atoms with E-state index in [4.69, 9.17) is 0 Å². The molecule has 154 valence electrons.